The standard InChI is InChI=1S/C29H37N3O4/c1-28(2)18-25-29(10-12-30(13-11-29)19-21-8-6-5-7-9-21)32(14-15-33)27(34)31(25)20-22-16-23(35-3)17-24(36-4)26(22)28/h5-9,16-18,33H,10-15,19-20H2,1-4H3. The third-order valence-corrected chi connectivity index (χ3v) is 8.09. The molecule has 3 aliphatic heterocycles. The van der Waals surface area contributed by atoms with E-state index >= 15 is 0 Å². The molecule has 2 aromatic rings. The first-order valence-electron chi connectivity index (χ1n) is 12.8. The molecule has 3 heterocycles. The summed E-state index contributed by atoms with van der Waals surface area (Å²) in [6, 6.07) is 14.4. The van der Waals surface area contributed by atoms with Gasteiger partial charge in [-0.25, -0.2) is 4.79 Å². The number of piperidine rings is 1. The van der Waals surface area contributed by atoms with Crippen molar-refractivity contribution in [1.82, 2.24) is 14.7 Å². The molecule has 2 amide bonds. The van der Waals surface area contributed by atoms with Crippen LogP contribution in [0.1, 0.15) is 43.4 Å². The first-order chi connectivity index (χ1) is 17.3. The highest BCUT2D eigenvalue weighted by molar-refractivity contribution is 5.83. The van der Waals surface area contributed by atoms with Gasteiger partial charge in [0.1, 0.15) is 11.5 Å². The van der Waals surface area contributed by atoms with Crippen molar-refractivity contribution in [3.63, 3.8) is 0 Å². The maximum Gasteiger partial charge on any atom is 0.325 e. The molecule has 36 heavy (non-hydrogen) atoms. The van der Waals surface area contributed by atoms with Crippen molar-refractivity contribution in [1.29, 1.82) is 0 Å². The topological polar surface area (TPSA) is 65.5 Å². The highest BCUT2D eigenvalue weighted by atomic mass is 16.5. The number of likely N-dealkylation sites (tertiary alicyclic amines) is 1. The number of aliphatic hydroxyl groups excluding tert-OH is 1. The van der Waals surface area contributed by atoms with Crippen molar-refractivity contribution in [2.24, 2.45) is 0 Å². The molecule has 2 saturated heterocycles. The van der Waals surface area contributed by atoms with E-state index in [0.29, 0.717) is 18.8 Å². The third-order valence-electron chi connectivity index (χ3n) is 8.09. The Bertz CT molecular complexity index is 1150. The lowest BCUT2D eigenvalue weighted by atomic mass is 9.77. The highest BCUT2D eigenvalue weighted by Gasteiger charge is 2.56. The number of hydrogen-bond acceptors (Lipinski definition) is 5. The van der Waals surface area contributed by atoms with Crippen molar-refractivity contribution in [3.8, 4) is 11.5 Å². The van der Waals surface area contributed by atoms with E-state index in [1.54, 1.807) is 14.2 Å². The van der Waals surface area contributed by atoms with Gasteiger partial charge in [0.05, 0.1) is 32.9 Å². The summed E-state index contributed by atoms with van der Waals surface area (Å²) in [5.41, 5.74) is 3.69. The lowest BCUT2D eigenvalue weighted by Gasteiger charge is -2.45. The van der Waals surface area contributed by atoms with Crippen LogP contribution < -0.4 is 9.47 Å². The molecule has 0 saturated carbocycles. The number of allylic oxidation sites excluding steroid dienone is 1. The summed E-state index contributed by atoms with van der Waals surface area (Å²) in [5.74, 6) is 1.49. The van der Waals surface area contributed by atoms with Crippen LogP contribution in [0.2, 0.25) is 0 Å². The van der Waals surface area contributed by atoms with Gasteiger partial charge in [-0.15, -0.1) is 0 Å². The second-order valence-electron chi connectivity index (χ2n) is 10.7. The molecule has 192 valence electrons. The van der Waals surface area contributed by atoms with Crippen molar-refractivity contribution in [3.05, 3.63) is 70.9 Å². The van der Waals surface area contributed by atoms with Crippen LogP contribution in [0.5, 0.6) is 11.5 Å². The normalized spacial score (nSPS) is 20.6. The number of urea groups is 1. The number of nitrogens with zero attached hydrogens (tertiary/aromatic N) is 3. The van der Waals surface area contributed by atoms with Crippen LogP contribution in [-0.2, 0) is 18.5 Å². The van der Waals surface area contributed by atoms with E-state index in [1.165, 1.54) is 5.56 Å². The molecule has 0 radical (unpaired) electrons. The second-order valence-corrected chi connectivity index (χ2v) is 10.7. The summed E-state index contributed by atoms with van der Waals surface area (Å²) in [7, 11) is 3.33. The fourth-order valence-corrected chi connectivity index (χ4v) is 6.41. The molecule has 0 atom stereocenters. The summed E-state index contributed by atoms with van der Waals surface area (Å²) < 4.78 is 11.4. The molecule has 0 aliphatic carbocycles. The Hall–Kier alpha value is -3.03. The average Bonchev–Trinajstić information content (AvgIpc) is 2.99. The smallest absolute Gasteiger partial charge is 0.325 e. The monoisotopic (exact) mass is 491 g/mol. The Morgan fingerprint density at radius 2 is 1.75 bits per heavy atom. The van der Waals surface area contributed by atoms with Gasteiger partial charge in [-0.2, -0.15) is 0 Å². The van der Waals surface area contributed by atoms with Gasteiger partial charge in [-0.05, 0) is 30.0 Å². The van der Waals surface area contributed by atoms with Gasteiger partial charge in [0.15, 0.2) is 0 Å². The van der Waals surface area contributed by atoms with Crippen LogP contribution in [0, 0.1) is 0 Å². The molecule has 5 rings (SSSR count). The van der Waals surface area contributed by atoms with E-state index in [-0.39, 0.29) is 18.1 Å². The predicted octanol–water partition coefficient (Wildman–Crippen LogP) is 4.14. The van der Waals surface area contributed by atoms with E-state index in [4.69, 9.17) is 9.47 Å². The Kier molecular flexibility index (Phi) is 6.47. The molecular weight excluding hydrogens is 454 g/mol. The highest BCUT2D eigenvalue weighted by Crippen LogP contribution is 2.50. The number of β-amino-alcohol motifs (C(OH)–C–C–N with tert-alkyl or cyclic N) is 1. The van der Waals surface area contributed by atoms with Gasteiger partial charge in [-0.1, -0.05) is 50.3 Å². The molecule has 3 aliphatic rings. The van der Waals surface area contributed by atoms with E-state index in [0.717, 1.165) is 55.0 Å². The number of carbonyl (C=O) groups is 1. The fraction of sp³-hybridized carbons (Fsp3) is 0.483. The molecule has 1 spiro atoms. The number of benzene rings is 2. The summed E-state index contributed by atoms with van der Waals surface area (Å²) in [5, 5.41) is 9.92. The number of ether oxygens (including phenoxy) is 2. The van der Waals surface area contributed by atoms with Crippen LogP contribution in [0.25, 0.3) is 0 Å². The maximum atomic E-state index is 13.9. The minimum atomic E-state index is -0.427. The zero-order valence-corrected chi connectivity index (χ0v) is 21.8. The Morgan fingerprint density at radius 1 is 1.03 bits per heavy atom. The summed E-state index contributed by atoms with van der Waals surface area (Å²) in [6.45, 7) is 7.79. The van der Waals surface area contributed by atoms with Gasteiger partial charge in [-0.3, -0.25) is 9.80 Å². The number of methoxy groups -OCH3 is 2. The maximum absolute atomic E-state index is 13.9. The minimum Gasteiger partial charge on any atom is -0.497 e. The lowest BCUT2D eigenvalue weighted by molar-refractivity contribution is 0.0745. The average molecular weight is 492 g/mol. The zero-order valence-electron chi connectivity index (χ0n) is 21.8. The second kappa shape index (κ2) is 9.45. The molecule has 2 aromatic carbocycles. The predicted molar refractivity (Wildman–Crippen MR) is 139 cm³/mol. The van der Waals surface area contributed by atoms with Crippen LogP contribution in [-0.4, -0.2) is 71.8 Å². The van der Waals surface area contributed by atoms with Gasteiger partial charge in [0.25, 0.3) is 0 Å². The molecule has 0 bridgehead atoms. The zero-order chi connectivity index (χ0) is 25.5. The molecule has 7 heteroatoms. The molecule has 0 aromatic heterocycles. The Labute approximate surface area is 213 Å². The van der Waals surface area contributed by atoms with Crippen molar-refractivity contribution < 1.29 is 19.4 Å². The van der Waals surface area contributed by atoms with E-state index in [2.05, 4.69) is 49.1 Å². The van der Waals surface area contributed by atoms with Gasteiger partial charge in [0, 0.05) is 48.9 Å². The fourth-order valence-electron chi connectivity index (χ4n) is 6.41. The quantitative estimate of drug-likeness (QED) is 0.658. The molecular formula is C29H37N3O4. The minimum absolute atomic E-state index is 0.0303. The lowest BCUT2D eigenvalue weighted by Crippen LogP contribution is -2.54. The summed E-state index contributed by atoms with van der Waals surface area (Å²) >= 11 is 0. The van der Waals surface area contributed by atoms with Gasteiger partial charge < -0.3 is 19.5 Å². The molecule has 2 fully saturated rings. The number of fused-ring (bicyclic) bond motifs is 3. The van der Waals surface area contributed by atoms with Crippen LogP contribution in [0.3, 0.4) is 0 Å². The number of rotatable bonds is 6. The number of aliphatic hydroxyl groups is 1. The molecule has 1 N–H and O–H groups in total. The first-order valence-corrected chi connectivity index (χ1v) is 12.8. The van der Waals surface area contributed by atoms with Crippen LogP contribution >= 0.6 is 0 Å². The summed E-state index contributed by atoms with van der Waals surface area (Å²) in [4.78, 5) is 20.2. The van der Waals surface area contributed by atoms with Crippen molar-refractivity contribution in [2.45, 2.75) is 50.7 Å². The van der Waals surface area contributed by atoms with Gasteiger partial charge in [0.2, 0.25) is 0 Å². The Balaban J connectivity index is 1.53. The number of hydrogen-bond donors (Lipinski definition) is 1. The van der Waals surface area contributed by atoms with E-state index in [9.17, 15) is 9.90 Å². The number of amides is 2. The molecule has 0 unspecified atom stereocenters. The van der Waals surface area contributed by atoms with Gasteiger partial charge >= 0.3 is 6.03 Å². The Morgan fingerprint density at radius 3 is 2.39 bits per heavy atom. The van der Waals surface area contributed by atoms with E-state index < -0.39 is 5.54 Å². The van der Waals surface area contributed by atoms with Crippen molar-refractivity contribution >= 4 is 6.03 Å². The van der Waals surface area contributed by atoms with Crippen LogP contribution in [0.4, 0.5) is 4.79 Å². The SMILES string of the molecule is COc1cc2c(c(OC)c1)C(C)(C)C=C1N(C2)C(=O)N(CCO)C12CCN(Cc1ccccc1)CC2. The first kappa shape index (κ1) is 24.7. The van der Waals surface area contributed by atoms with Crippen LogP contribution in [0.15, 0.2) is 54.2 Å². The number of carbonyl (C=O) groups excluding carboxylic acids is 1. The largest absolute Gasteiger partial charge is 0.497 e. The molecule has 7 nitrogen and oxygen atoms in total. The van der Waals surface area contributed by atoms with Crippen molar-refractivity contribution in [2.75, 3.05) is 40.5 Å². The summed E-state index contributed by atoms with van der Waals surface area (Å²) in [6.07, 6.45) is 3.94. The third kappa shape index (κ3) is 4.04. The van der Waals surface area contributed by atoms with E-state index in [1.807, 2.05) is 28.0 Å².